The lowest BCUT2D eigenvalue weighted by Crippen LogP contribution is -2.49. The molecule has 2 heterocycles. The van der Waals surface area contributed by atoms with Crippen LogP contribution < -0.4 is 10.5 Å². The predicted octanol–water partition coefficient (Wildman–Crippen LogP) is 3.10. The third kappa shape index (κ3) is 2.92. The van der Waals surface area contributed by atoms with Gasteiger partial charge in [-0.15, -0.1) is 0 Å². The van der Waals surface area contributed by atoms with Crippen molar-refractivity contribution in [1.82, 2.24) is 4.90 Å². The number of rotatable bonds is 2. The first-order chi connectivity index (χ1) is 10.1. The number of piperidine rings is 1. The van der Waals surface area contributed by atoms with Crippen molar-refractivity contribution in [3.05, 3.63) is 29.6 Å². The Labute approximate surface area is 126 Å². The maximum absolute atomic E-state index is 13.5. The van der Waals surface area contributed by atoms with Crippen LogP contribution in [0.2, 0.25) is 0 Å². The first-order valence-corrected chi connectivity index (χ1v) is 8.00. The fourth-order valence-corrected chi connectivity index (χ4v) is 3.74. The number of halogens is 1. The molecule has 0 aliphatic carbocycles. The number of hydrogen-bond donors (Lipinski definition) is 1. The van der Waals surface area contributed by atoms with Crippen LogP contribution in [0.4, 0.5) is 4.39 Å². The van der Waals surface area contributed by atoms with Crippen LogP contribution >= 0.6 is 0 Å². The van der Waals surface area contributed by atoms with E-state index >= 15 is 0 Å². The summed E-state index contributed by atoms with van der Waals surface area (Å²) in [5, 5.41) is 0. The Hall–Kier alpha value is -1.13. The van der Waals surface area contributed by atoms with Crippen LogP contribution in [0.15, 0.2) is 18.2 Å². The summed E-state index contributed by atoms with van der Waals surface area (Å²) in [5.74, 6) is 0.718. The molecule has 1 aromatic rings. The average Bonchev–Trinajstić information content (AvgIpc) is 2.46. The SMILES string of the molecule is CC1CCCC(C)N1CC1COc2ccc(F)cc2C1N. The van der Waals surface area contributed by atoms with Crippen LogP contribution in [0.5, 0.6) is 5.75 Å². The van der Waals surface area contributed by atoms with Gasteiger partial charge in [-0.3, -0.25) is 4.90 Å². The van der Waals surface area contributed by atoms with Crippen molar-refractivity contribution >= 4 is 0 Å². The molecule has 116 valence electrons. The Morgan fingerprint density at radius 1 is 1.29 bits per heavy atom. The van der Waals surface area contributed by atoms with Crippen molar-refractivity contribution in [3.63, 3.8) is 0 Å². The number of nitrogens with zero attached hydrogens (tertiary/aromatic N) is 1. The fourth-order valence-electron chi connectivity index (χ4n) is 3.74. The number of ether oxygens (including phenoxy) is 1. The van der Waals surface area contributed by atoms with Crippen LogP contribution in [-0.2, 0) is 0 Å². The van der Waals surface area contributed by atoms with E-state index in [2.05, 4.69) is 18.7 Å². The molecule has 4 heteroatoms. The van der Waals surface area contributed by atoms with Crippen LogP contribution in [-0.4, -0.2) is 30.1 Å². The molecule has 1 aromatic carbocycles. The lowest BCUT2D eigenvalue weighted by molar-refractivity contribution is 0.0578. The van der Waals surface area contributed by atoms with Gasteiger partial charge in [-0.25, -0.2) is 4.39 Å². The molecule has 0 spiro atoms. The molecule has 1 fully saturated rings. The Balaban J connectivity index is 1.75. The monoisotopic (exact) mass is 292 g/mol. The molecule has 21 heavy (non-hydrogen) atoms. The Kier molecular flexibility index (Phi) is 4.18. The van der Waals surface area contributed by atoms with Crippen molar-refractivity contribution in [1.29, 1.82) is 0 Å². The molecule has 0 radical (unpaired) electrons. The number of hydrogen-bond acceptors (Lipinski definition) is 3. The quantitative estimate of drug-likeness (QED) is 0.910. The van der Waals surface area contributed by atoms with Gasteiger partial charge in [-0.1, -0.05) is 6.42 Å². The Bertz CT molecular complexity index is 498. The third-order valence-electron chi connectivity index (χ3n) is 5.11. The van der Waals surface area contributed by atoms with Gasteiger partial charge in [-0.05, 0) is 44.9 Å². The summed E-state index contributed by atoms with van der Waals surface area (Å²) in [6, 6.07) is 5.68. The van der Waals surface area contributed by atoms with Gasteiger partial charge >= 0.3 is 0 Å². The highest BCUT2D eigenvalue weighted by Gasteiger charge is 2.33. The fraction of sp³-hybridized carbons (Fsp3) is 0.647. The standard InChI is InChI=1S/C17H25FN2O/c1-11-4-3-5-12(2)20(11)9-13-10-21-16-7-6-14(18)8-15(16)17(13)19/h6-8,11-13,17H,3-5,9-10,19H2,1-2H3. The van der Waals surface area contributed by atoms with E-state index in [1.165, 1.54) is 31.4 Å². The second-order valence-electron chi connectivity index (χ2n) is 6.60. The minimum absolute atomic E-state index is 0.147. The van der Waals surface area contributed by atoms with Gasteiger partial charge in [0.25, 0.3) is 0 Å². The predicted molar refractivity (Wildman–Crippen MR) is 81.8 cm³/mol. The topological polar surface area (TPSA) is 38.5 Å². The van der Waals surface area contributed by atoms with Gasteiger partial charge in [0.1, 0.15) is 11.6 Å². The van der Waals surface area contributed by atoms with Crippen LogP contribution in [0.25, 0.3) is 0 Å². The molecule has 4 atom stereocenters. The Morgan fingerprint density at radius 2 is 2.00 bits per heavy atom. The molecule has 3 nitrogen and oxygen atoms in total. The molecule has 1 saturated heterocycles. The van der Waals surface area contributed by atoms with Crippen molar-refractivity contribution in [2.75, 3.05) is 13.2 Å². The van der Waals surface area contributed by atoms with E-state index in [4.69, 9.17) is 10.5 Å². The summed E-state index contributed by atoms with van der Waals surface area (Å²) < 4.78 is 19.3. The largest absolute Gasteiger partial charge is 0.493 e. The van der Waals surface area contributed by atoms with Gasteiger partial charge in [0.15, 0.2) is 0 Å². The number of benzene rings is 1. The maximum atomic E-state index is 13.5. The summed E-state index contributed by atoms with van der Waals surface area (Å²) in [6.45, 7) is 6.13. The molecular formula is C17H25FN2O. The zero-order valence-corrected chi connectivity index (χ0v) is 12.9. The molecule has 0 bridgehead atoms. The third-order valence-corrected chi connectivity index (χ3v) is 5.11. The normalized spacial score (nSPS) is 33.3. The highest BCUT2D eigenvalue weighted by atomic mass is 19.1. The van der Waals surface area contributed by atoms with E-state index in [1.54, 1.807) is 6.07 Å². The van der Waals surface area contributed by atoms with E-state index in [1.807, 2.05) is 0 Å². The van der Waals surface area contributed by atoms with E-state index < -0.39 is 0 Å². The van der Waals surface area contributed by atoms with Crippen molar-refractivity contribution in [2.45, 2.75) is 51.2 Å². The van der Waals surface area contributed by atoms with Gasteiger partial charge in [0.05, 0.1) is 6.61 Å². The minimum Gasteiger partial charge on any atom is -0.493 e. The summed E-state index contributed by atoms with van der Waals surface area (Å²) in [4.78, 5) is 2.54. The summed E-state index contributed by atoms with van der Waals surface area (Å²) in [7, 11) is 0. The number of fused-ring (bicyclic) bond motifs is 1. The maximum Gasteiger partial charge on any atom is 0.124 e. The van der Waals surface area contributed by atoms with E-state index in [-0.39, 0.29) is 17.8 Å². The zero-order valence-electron chi connectivity index (χ0n) is 12.9. The summed E-state index contributed by atoms with van der Waals surface area (Å²) in [6.07, 6.45) is 3.80. The van der Waals surface area contributed by atoms with Crippen molar-refractivity contribution in [2.24, 2.45) is 11.7 Å². The van der Waals surface area contributed by atoms with E-state index in [0.717, 1.165) is 17.9 Å². The minimum atomic E-state index is -0.242. The highest BCUT2D eigenvalue weighted by Crippen LogP contribution is 2.36. The average molecular weight is 292 g/mol. The number of likely N-dealkylation sites (tertiary alicyclic amines) is 1. The summed E-state index contributed by atoms with van der Waals surface area (Å²) in [5.41, 5.74) is 7.20. The molecule has 2 aliphatic rings. The molecule has 0 amide bonds. The lowest BCUT2D eigenvalue weighted by Gasteiger charge is -2.43. The summed E-state index contributed by atoms with van der Waals surface area (Å²) >= 11 is 0. The first kappa shape index (κ1) is 14.8. The van der Waals surface area contributed by atoms with Crippen molar-refractivity contribution in [3.8, 4) is 5.75 Å². The van der Waals surface area contributed by atoms with Gasteiger partial charge < -0.3 is 10.5 Å². The van der Waals surface area contributed by atoms with E-state index in [9.17, 15) is 4.39 Å². The second kappa shape index (κ2) is 5.93. The van der Waals surface area contributed by atoms with Crippen LogP contribution in [0, 0.1) is 11.7 Å². The van der Waals surface area contributed by atoms with E-state index in [0.29, 0.717) is 18.7 Å². The smallest absolute Gasteiger partial charge is 0.124 e. The van der Waals surface area contributed by atoms with Gasteiger partial charge in [0, 0.05) is 36.2 Å². The highest BCUT2D eigenvalue weighted by molar-refractivity contribution is 5.38. The number of nitrogens with two attached hydrogens (primary N) is 1. The van der Waals surface area contributed by atoms with Gasteiger partial charge in [0.2, 0.25) is 0 Å². The van der Waals surface area contributed by atoms with Crippen molar-refractivity contribution < 1.29 is 9.13 Å². The molecule has 0 aromatic heterocycles. The Morgan fingerprint density at radius 3 is 2.71 bits per heavy atom. The van der Waals surface area contributed by atoms with Gasteiger partial charge in [-0.2, -0.15) is 0 Å². The molecule has 0 saturated carbocycles. The van der Waals surface area contributed by atoms with Crippen LogP contribution in [0.1, 0.15) is 44.7 Å². The lowest BCUT2D eigenvalue weighted by atomic mass is 9.88. The van der Waals surface area contributed by atoms with Crippen LogP contribution in [0.3, 0.4) is 0 Å². The molecule has 2 aliphatic heterocycles. The molecule has 2 N–H and O–H groups in total. The second-order valence-corrected chi connectivity index (χ2v) is 6.60. The molecular weight excluding hydrogens is 267 g/mol. The molecule has 3 rings (SSSR count). The molecule has 4 unspecified atom stereocenters. The first-order valence-electron chi connectivity index (χ1n) is 8.00. The zero-order chi connectivity index (χ0) is 15.0.